The molecule has 32 heavy (non-hydrogen) atoms. The highest BCUT2D eigenvalue weighted by Gasteiger charge is 2.21. The van der Waals surface area contributed by atoms with E-state index in [1.165, 1.54) is 38.4 Å². The van der Waals surface area contributed by atoms with Gasteiger partial charge in [-0.1, -0.05) is 23.8 Å². The highest BCUT2D eigenvalue weighted by atomic mass is 32.2. The largest absolute Gasteiger partial charge is 0.454 e. The summed E-state index contributed by atoms with van der Waals surface area (Å²) in [6.45, 7) is 5.32. The van der Waals surface area contributed by atoms with E-state index in [0.717, 1.165) is 26.9 Å². The SMILES string of the molecule is Cc1ccc(-n2c(C)cc(C(=O)COC(=O)c3cccc(S(=O)(=O)N(C)C)c3)c2C)cc1. The van der Waals surface area contributed by atoms with Gasteiger partial charge in [-0.3, -0.25) is 4.79 Å². The van der Waals surface area contributed by atoms with E-state index >= 15 is 0 Å². The standard InChI is InChI=1S/C24H26N2O5S/c1-16-9-11-20(12-10-16)26-17(2)13-22(18(26)3)23(27)15-31-24(28)19-7-6-8-21(14-19)32(29,30)25(4)5/h6-14H,15H2,1-5H3. The van der Waals surface area contributed by atoms with E-state index in [4.69, 9.17) is 4.74 Å². The molecule has 7 nitrogen and oxygen atoms in total. The number of aryl methyl sites for hydroxylation is 2. The molecule has 0 aliphatic heterocycles. The van der Waals surface area contributed by atoms with Crippen molar-refractivity contribution >= 4 is 21.8 Å². The summed E-state index contributed by atoms with van der Waals surface area (Å²) in [6, 6.07) is 15.3. The quantitative estimate of drug-likeness (QED) is 0.401. The van der Waals surface area contributed by atoms with Crippen LogP contribution in [0.15, 0.2) is 59.5 Å². The van der Waals surface area contributed by atoms with E-state index in [1.54, 1.807) is 6.07 Å². The van der Waals surface area contributed by atoms with Crippen molar-refractivity contribution in [2.75, 3.05) is 20.7 Å². The second kappa shape index (κ2) is 9.10. The molecule has 0 saturated carbocycles. The average molecular weight is 455 g/mol. The Hall–Kier alpha value is -3.23. The Morgan fingerprint density at radius 3 is 2.25 bits per heavy atom. The molecule has 0 saturated heterocycles. The lowest BCUT2D eigenvalue weighted by molar-refractivity contribution is 0.0474. The molecule has 0 N–H and O–H groups in total. The molecule has 0 bridgehead atoms. The van der Waals surface area contributed by atoms with Gasteiger partial charge >= 0.3 is 5.97 Å². The highest BCUT2D eigenvalue weighted by Crippen LogP contribution is 2.22. The maximum absolute atomic E-state index is 12.8. The van der Waals surface area contributed by atoms with Gasteiger partial charge in [-0.2, -0.15) is 0 Å². The molecule has 0 fully saturated rings. The smallest absolute Gasteiger partial charge is 0.338 e. The van der Waals surface area contributed by atoms with Gasteiger partial charge in [0.1, 0.15) is 0 Å². The van der Waals surface area contributed by atoms with Crippen LogP contribution < -0.4 is 0 Å². The van der Waals surface area contributed by atoms with Crippen LogP contribution >= 0.6 is 0 Å². The number of nitrogens with zero attached hydrogens (tertiary/aromatic N) is 2. The molecule has 0 radical (unpaired) electrons. The fraction of sp³-hybridized carbons (Fsp3) is 0.250. The molecule has 0 atom stereocenters. The third-order valence-corrected chi connectivity index (χ3v) is 7.02. The van der Waals surface area contributed by atoms with Crippen molar-refractivity contribution in [3.8, 4) is 5.69 Å². The van der Waals surface area contributed by atoms with Gasteiger partial charge in [0.25, 0.3) is 0 Å². The Kier molecular flexibility index (Phi) is 6.66. The number of esters is 1. The van der Waals surface area contributed by atoms with Crippen LogP contribution in [0.2, 0.25) is 0 Å². The van der Waals surface area contributed by atoms with E-state index in [2.05, 4.69) is 0 Å². The first-order valence-corrected chi connectivity index (χ1v) is 11.5. The summed E-state index contributed by atoms with van der Waals surface area (Å²) in [7, 11) is -0.871. The second-order valence-corrected chi connectivity index (χ2v) is 9.92. The molecular weight excluding hydrogens is 428 g/mol. The minimum Gasteiger partial charge on any atom is -0.454 e. The number of ketones is 1. The zero-order valence-electron chi connectivity index (χ0n) is 18.7. The Balaban J connectivity index is 1.76. The van der Waals surface area contributed by atoms with Crippen LogP contribution in [0, 0.1) is 20.8 Å². The third kappa shape index (κ3) is 4.66. The molecular formula is C24H26N2O5S. The first-order valence-electron chi connectivity index (χ1n) is 10.0. The van der Waals surface area contributed by atoms with E-state index in [-0.39, 0.29) is 16.2 Å². The summed E-state index contributed by atoms with van der Waals surface area (Å²) in [4.78, 5) is 25.2. The van der Waals surface area contributed by atoms with Crippen molar-refractivity contribution in [1.29, 1.82) is 0 Å². The number of hydrogen-bond donors (Lipinski definition) is 0. The summed E-state index contributed by atoms with van der Waals surface area (Å²) in [6.07, 6.45) is 0. The second-order valence-electron chi connectivity index (χ2n) is 7.77. The lowest BCUT2D eigenvalue weighted by Gasteiger charge is -2.12. The van der Waals surface area contributed by atoms with Crippen molar-refractivity contribution in [3.05, 3.63) is 82.7 Å². The Morgan fingerprint density at radius 2 is 1.62 bits per heavy atom. The maximum Gasteiger partial charge on any atom is 0.338 e. The number of carbonyl (C=O) groups excluding carboxylic acids is 2. The Morgan fingerprint density at radius 1 is 0.969 bits per heavy atom. The molecule has 0 aliphatic rings. The fourth-order valence-electron chi connectivity index (χ4n) is 3.42. The van der Waals surface area contributed by atoms with Crippen LogP contribution in [0.1, 0.15) is 37.7 Å². The molecule has 0 unspecified atom stereocenters. The number of hydrogen-bond acceptors (Lipinski definition) is 5. The molecule has 0 aliphatic carbocycles. The summed E-state index contributed by atoms with van der Waals surface area (Å²) in [5.74, 6) is -1.09. The van der Waals surface area contributed by atoms with Crippen LogP contribution in [-0.2, 0) is 14.8 Å². The monoisotopic (exact) mass is 454 g/mol. The molecule has 168 valence electrons. The number of aromatic nitrogens is 1. The lowest BCUT2D eigenvalue weighted by Crippen LogP contribution is -2.22. The van der Waals surface area contributed by atoms with E-state index in [1.807, 2.05) is 49.6 Å². The number of rotatable bonds is 7. The van der Waals surface area contributed by atoms with E-state index in [9.17, 15) is 18.0 Å². The normalized spacial score (nSPS) is 11.6. The van der Waals surface area contributed by atoms with Crippen LogP contribution in [0.4, 0.5) is 0 Å². The zero-order chi connectivity index (χ0) is 23.6. The number of sulfonamides is 1. The molecule has 8 heteroatoms. The van der Waals surface area contributed by atoms with Crippen molar-refractivity contribution in [1.82, 2.24) is 8.87 Å². The van der Waals surface area contributed by atoms with Gasteiger partial charge in [-0.25, -0.2) is 17.5 Å². The number of benzene rings is 2. The predicted molar refractivity (Wildman–Crippen MR) is 122 cm³/mol. The highest BCUT2D eigenvalue weighted by molar-refractivity contribution is 7.89. The Labute approximate surface area is 188 Å². The van der Waals surface area contributed by atoms with Crippen LogP contribution in [0.5, 0.6) is 0 Å². The van der Waals surface area contributed by atoms with Gasteiger partial charge in [0.05, 0.1) is 10.5 Å². The van der Waals surface area contributed by atoms with Gasteiger partial charge in [0.15, 0.2) is 6.61 Å². The Bertz CT molecular complexity index is 1270. The first kappa shape index (κ1) is 23.4. The van der Waals surface area contributed by atoms with Gasteiger partial charge in [0, 0.05) is 36.7 Å². The topological polar surface area (TPSA) is 85.7 Å². The van der Waals surface area contributed by atoms with Gasteiger partial charge in [-0.05, 0) is 57.2 Å². The molecule has 0 spiro atoms. The first-order chi connectivity index (χ1) is 15.0. The van der Waals surface area contributed by atoms with E-state index < -0.39 is 22.6 Å². The number of carbonyl (C=O) groups is 2. The lowest BCUT2D eigenvalue weighted by atomic mass is 10.1. The minimum atomic E-state index is -3.69. The summed E-state index contributed by atoms with van der Waals surface area (Å²) in [5.41, 5.74) is 4.27. The van der Waals surface area contributed by atoms with Crippen molar-refractivity contribution < 1.29 is 22.7 Å². The van der Waals surface area contributed by atoms with Crippen LogP contribution in [-0.4, -0.2) is 49.7 Å². The van der Waals surface area contributed by atoms with Crippen molar-refractivity contribution in [3.63, 3.8) is 0 Å². The van der Waals surface area contributed by atoms with Gasteiger partial charge < -0.3 is 9.30 Å². The van der Waals surface area contributed by atoms with Gasteiger partial charge in [-0.15, -0.1) is 0 Å². The zero-order valence-corrected chi connectivity index (χ0v) is 19.6. The third-order valence-electron chi connectivity index (χ3n) is 5.21. The molecule has 1 aromatic heterocycles. The summed E-state index contributed by atoms with van der Waals surface area (Å²) in [5, 5.41) is 0. The molecule has 3 rings (SSSR count). The molecule has 3 aromatic rings. The van der Waals surface area contributed by atoms with Gasteiger partial charge in [0.2, 0.25) is 15.8 Å². The van der Waals surface area contributed by atoms with Crippen LogP contribution in [0.25, 0.3) is 5.69 Å². The van der Waals surface area contributed by atoms with Crippen molar-refractivity contribution in [2.24, 2.45) is 0 Å². The molecule has 1 heterocycles. The van der Waals surface area contributed by atoms with Crippen LogP contribution in [0.3, 0.4) is 0 Å². The summed E-state index contributed by atoms with van der Waals surface area (Å²) >= 11 is 0. The minimum absolute atomic E-state index is 0.0232. The average Bonchev–Trinajstić information content (AvgIpc) is 3.06. The van der Waals surface area contributed by atoms with E-state index in [0.29, 0.717) is 5.56 Å². The molecule has 2 aromatic carbocycles. The maximum atomic E-state index is 12.8. The number of ether oxygens (including phenoxy) is 1. The van der Waals surface area contributed by atoms with Crippen molar-refractivity contribution in [2.45, 2.75) is 25.7 Å². The predicted octanol–water partition coefficient (Wildman–Crippen LogP) is 3.69. The summed E-state index contributed by atoms with van der Waals surface area (Å²) < 4.78 is 32.8. The molecule has 0 amide bonds. The fourth-order valence-corrected chi connectivity index (χ4v) is 4.37. The number of Topliss-reactive ketones (excluding diaryl/α,β-unsaturated/α-hetero) is 1.